The van der Waals surface area contributed by atoms with Crippen molar-refractivity contribution in [2.75, 3.05) is 11.1 Å². The van der Waals surface area contributed by atoms with E-state index >= 15 is 0 Å². The number of fused-ring (bicyclic) bond motifs is 2. The summed E-state index contributed by atoms with van der Waals surface area (Å²) in [6.07, 6.45) is 3.40. The third-order valence-corrected chi connectivity index (χ3v) is 7.36. The maximum absolute atomic E-state index is 12.9. The number of rotatable bonds is 5. The van der Waals surface area contributed by atoms with Crippen LogP contribution in [0.25, 0.3) is 10.2 Å². The lowest BCUT2D eigenvalue weighted by molar-refractivity contribution is -0.113. The van der Waals surface area contributed by atoms with Crippen LogP contribution in [-0.4, -0.2) is 21.2 Å². The van der Waals surface area contributed by atoms with Crippen molar-refractivity contribution in [3.8, 4) is 0 Å². The van der Waals surface area contributed by atoms with Crippen LogP contribution < -0.4 is 10.9 Å². The van der Waals surface area contributed by atoms with Crippen molar-refractivity contribution in [3.05, 3.63) is 50.1 Å². The first-order chi connectivity index (χ1) is 13.5. The van der Waals surface area contributed by atoms with Gasteiger partial charge in [-0.1, -0.05) is 17.8 Å². The van der Waals surface area contributed by atoms with Gasteiger partial charge in [0.15, 0.2) is 5.16 Å². The lowest BCUT2D eigenvalue weighted by atomic mass is 10.1. The van der Waals surface area contributed by atoms with Crippen LogP contribution in [0.1, 0.15) is 34.9 Å². The van der Waals surface area contributed by atoms with Crippen molar-refractivity contribution < 1.29 is 4.79 Å². The van der Waals surface area contributed by atoms with Crippen molar-refractivity contribution >= 4 is 44.9 Å². The monoisotopic (exact) mass is 413 g/mol. The number of anilines is 1. The van der Waals surface area contributed by atoms with Gasteiger partial charge >= 0.3 is 0 Å². The van der Waals surface area contributed by atoms with Crippen molar-refractivity contribution in [1.29, 1.82) is 0 Å². The highest BCUT2D eigenvalue weighted by molar-refractivity contribution is 7.99. The molecule has 5 nitrogen and oxygen atoms in total. The predicted molar refractivity (Wildman–Crippen MR) is 117 cm³/mol. The van der Waals surface area contributed by atoms with E-state index in [-0.39, 0.29) is 17.2 Å². The van der Waals surface area contributed by atoms with Gasteiger partial charge in [0.1, 0.15) is 4.83 Å². The Morgan fingerprint density at radius 3 is 2.86 bits per heavy atom. The third-order valence-electron chi connectivity index (χ3n) is 5.28. The minimum Gasteiger partial charge on any atom is -0.325 e. The second-order valence-electron chi connectivity index (χ2n) is 7.08. The zero-order valence-corrected chi connectivity index (χ0v) is 17.9. The summed E-state index contributed by atoms with van der Waals surface area (Å²) in [6, 6.07) is 6.15. The number of nitrogens with zero attached hydrogens (tertiary/aromatic N) is 2. The molecule has 1 aromatic carbocycles. The van der Waals surface area contributed by atoms with Gasteiger partial charge in [-0.3, -0.25) is 14.2 Å². The minimum absolute atomic E-state index is 0.0177. The van der Waals surface area contributed by atoms with Gasteiger partial charge in [0, 0.05) is 17.1 Å². The fourth-order valence-electron chi connectivity index (χ4n) is 3.67. The molecule has 2 aromatic heterocycles. The molecule has 1 aliphatic rings. The topological polar surface area (TPSA) is 64.0 Å². The first-order valence-corrected chi connectivity index (χ1v) is 11.3. The minimum atomic E-state index is -0.0847. The molecule has 4 rings (SSSR count). The average molecular weight is 414 g/mol. The molecule has 2 heterocycles. The van der Waals surface area contributed by atoms with E-state index in [1.54, 1.807) is 4.57 Å². The predicted octanol–water partition coefficient (Wildman–Crippen LogP) is 4.31. The van der Waals surface area contributed by atoms with Crippen molar-refractivity contribution in [2.45, 2.75) is 51.7 Å². The van der Waals surface area contributed by atoms with E-state index in [4.69, 9.17) is 0 Å². The average Bonchev–Trinajstić information content (AvgIpc) is 3.24. The second kappa shape index (κ2) is 7.72. The summed E-state index contributed by atoms with van der Waals surface area (Å²) in [6.45, 7) is 6.44. The van der Waals surface area contributed by atoms with Crippen LogP contribution in [0.4, 0.5) is 5.69 Å². The molecule has 0 aliphatic heterocycles. The van der Waals surface area contributed by atoms with Crippen LogP contribution in [-0.2, 0) is 24.2 Å². The Morgan fingerprint density at radius 1 is 1.29 bits per heavy atom. The number of carbonyl (C=O) groups is 1. The quantitative estimate of drug-likeness (QED) is 0.500. The van der Waals surface area contributed by atoms with Gasteiger partial charge in [0.25, 0.3) is 5.56 Å². The Balaban J connectivity index is 1.52. The molecule has 0 radical (unpaired) electrons. The molecule has 1 amide bonds. The smallest absolute Gasteiger partial charge is 0.263 e. The van der Waals surface area contributed by atoms with Crippen molar-refractivity contribution in [3.63, 3.8) is 0 Å². The number of hydrogen-bond acceptors (Lipinski definition) is 5. The Labute approximate surface area is 172 Å². The van der Waals surface area contributed by atoms with Crippen molar-refractivity contribution in [1.82, 2.24) is 9.55 Å². The molecular formula is C21H23N3O2S2. The van der Waals surface area contributed by atoms with Crippen LogP contribution in [0.5, 0.6) is 0 Å². The Kier molecular flexibility index (Phi) is 5.29. The van der Waals surface area contributed by atoms with Crippen LogP contribution >= 0.6 is 23.1 Å². The number of benzene rings is 1. The van der Waals surface area contributed by atoms with Gasteiger partial charge in [-0.25, -0.2) is 4.98 Å². The highest BCUT2D eigenvalue weighted by Gasteiger charge is 2.17. The fourth-order valence-corrected chi connectivity index (χ4v) is 5.61. The molecule has 28 heavy (non-hydrogen) atoms. The van der Waals surface area contributed by atoms with Crippen molar-refractivity contribution in [2.24, 2.45) is 0 Å². The van der Waals surface area contributed by atoms with E-state index in [0.29, 0.717) is 17.1 Å². The lowest BCUT2D eigenvalue weighted by Gasteiger charge is -2.11. The van der Waals surface area contributed by atoms with Crippen LogP contribution in [0.3, 0.4) is 0 Å². The molecular weight excluding hydrogens is 390 g/mol. The zero-order valence-electron chi connectivity index (χ0n) is 16.3. The summed E-state index contributed by atoms with van der Waals surface area (Å²) in [5.74, 6) is 0.136. The van der Waals surface area contributed by atoms with Gasteiger partial charge in [-0.05, 0) is 68.9 Å². The molecule has 0 fully saturated rings. The maximum atomic E-state index is 12.9. The molecule has 1 aliphatic carbocycles. The maximum Gasteiger partial charge on any atom is 0.263 e. The number of thioether (sulfide) groups is 1. The Hall–Kier alpha value is -2.12. The standard InChI is InChI=1S/C21H23N3O2S2/c1-4-24-20(26)18-12(2)13(3)28-19(18)23-21(24)27-11-17(25)22-16-9-8-14-6-5-7-15(14)10-16/h8-10H,4-7,11H2,1-3H3,(H,22,25). The number of aromatic nitrogens is 2. The molecule has 0 saturated heterocycles. The molecule has 3 aromatic rings. The molecule has 0 spiro atoms. The second-order valence-corrected chi connectivity index (χ2v) is 9.23. The number of amides is 1. The largest absolute Gasteiger partial charge is 0.325 e. The summed E-state index contributed by atoms with van der Waals surface area (Å²) < 4.78 is 1.66. The molecule has 0 bridgehead atoms. The van der Waals surface area contributed by atoms with Gasteiger partial charge in [0.05, 0.1) is 11.1 Å². The first kappa shape index (κ1) is 19.2. The van der Waals surface area contributed by atoms with E-state index in [1.807, 2.05) is 26.8 Å². The fraction of sp³-hybridized carbons (Fsp3) is 0.381. The van der Waals surface area contributed by atoms with Gasteiger partial charge in [-0.2, -0.15) is 0 Å². The van der Waals surface area contributed by atoms with Gasteiger partial charge in [-0.15, -0.1) is 11.3 Å². The number of aryl methyl sites for hydroxylation is 4. The SMILES string of the molecule is CCn1c(SCC(=O)Nc2ccc3c(c2)CCC3)nc2sc(C)c(C)c2c1=O. The lowest BCUT2D eigenvalue weighted by Crippen LogP contribution is -2.23. The van der Waals surface area contributed by atoms with E-state index in [9.17, 15) is 9.59 Å². The normalized spacial score (nSPS) is 13.1. The molecule has 0 unspecified atom stereocenters. The summed E-state index contributed by atoms with van der Waals surface area (Å²) in [7, 11) is 0. The summed E-state index contributed by atoms with van der Waals surface area (Å²) in [5.41, 5.74) is 4.55. The molecule has 0 atom stereocenters. The summed E-state index contributed by atoms with van der Waals surface area (Å²) >= 11 is 2.85. The molecule has 1 N–H and O–H groups in total. The third kappa shape index (κ3) is 3.49. The first-order valence-electron chi connectivity index (χ1n) is 9.53. The van der Waals surface area contributed by atoms with Gasteiger partial charge in [0.2, 0.25) is 5.91 Å². The number of hydrogen-bond donors (Lipinski definition) is 1. The molecule has 146 valence electrons. The highest BCUT2D eigenvalue weighted by Crippen LogP contribution is 2.29. The zero-order chi connectivity index (χ0) is 19.8. The van der Waals surface area contributed by atoms with E-state index in [1.165, 1.54) is 40.6 Å². The van der Waals surface area contributed by atoms with E-state index in [2.05, 4.69) is 22.4 Å². The Morgan fingerprint density at radius 2 is 2.07 bits per heavy atom. The van der Waals surface area contributed by atoms with E-state index in [0.717, 1.165) is 33.8 Å². The Bertz CT molecular complexity index is 1130. The van der Waals surface area contributed by atoms with E-state index < -0.39 is 0 Å². The summed E-state index contributed by atoms with van der Waals surface area (Å²) in [5, 5.41) is 4.28. The summed E-state index contributed by atoms with van der Waals surface area (Å²) in [4.78, 5) is 31.9. The number of nitrogens with one attached hydrogen (secondary N) is 1. The molecule has 7 heteroatoms. The number of thiophene rings is 1. The van der Waals surface area contributed by atoms with Crippen LogP contribution in [0.2, 0.25) is 0 Å². The van der Waals surface area contributed by atoms with Gasteiger partial charge < -0.3 is 5.32 Å². The van der Waals surface area contributed by atoms with Crippen LogP contribution in [0.15, 0.2) is 28.2 Å². The van der Waals surface area contributed by atoms with Crippen LogP contribution in [0, 0.1) is 13.8 Å². The molecule has 0 saturated carbocycles. The number of carbonyl (C=O) groups excluding carboxylic acids is 1. The highest BCUT2D eigenvalue weighted by atomic mass is 32.2.